The van der Waals surface area contributed by atoms with Crippen LogP contribution >= 0.6 is 0 Å². The zero-order chi connectivity index (χ0) is 35.5. The Balaban J connectivity index is 0.000000148. The monoisotopic (exact) mass is 688 g/mol. The van der Waals surface area contributed by atoms with E-state index in [9.17, 15) is 23.2 Å². The van der Waals surface area contributed by atoms with E-state index in [-0.39, 0.29) is 35.0 Å². The van der Waals surface area contributed by atoms with Crippen molar-refractivity contribution in [2.24, 2.45) is 22.7 Å². The highest BCUT2D eigenvalue weighted by Crippen LogP contribution is 2.53. The summed E-state index contributed by atoms with van der Waals surface area (Å²) in [6.45, 7) is 3.34. The maximum absolute atomic E-state index is 13.3. The summed E-state index contributed by atoms with van der Waals surface area (Å²) in [5.41, 5.74) is 6.95. The molecule has 0 saturated heterocycles. The molecule has 0 unspecified atom stereocenters. The van der Waals surface area contributed by atoms with Gasteiger partial charge in [0.05, 0.1) is 46.0 Å². The molecule has 2 heterocycles. The molecule has 2 aromatic heterocycles. The molecular formula is C42H42F2N4O3. The fourth-order valence-electron chi connectivity index (χ4n) is 9.07. The topological polar surface area (TPSA) is 86.8 Å². The van der Waals surface area contributed by atoms with Crippen molar-refractivity contribution < 1.29 is 23.2 Å². The molecule has 51 heavy (non-hydrogen) atoms. The quantitative estimate of drug-likeness (QED) is 0.203. The van der Waals surface area contributed by atoms with Crippen LogP contribution in [0.15, 0.2) is 72.1 Å². The minimum atomic E-state index is -0.695. The second kappa shape index (κ2) is 12.8. The van der Waals surface area contributed by atoms with Crippen molar-refractivity contribution in [3.63, 3.8) is 0 Å². The number of hydrogen-bond donors (Lipinski definition) is 0. The van der Waals surface area contributed by atoms with E-state index in [1.807, 2.05) is 17.0 Å². The lowest BCUT2D eigenvalue weighted by molar-refractivity contribution is -0.132. The number of carbonyl (C=O) groups is 3. The molecule has 0 amide bonds. The highest BCUT2D eigenvalue weighted by molar-refractivity contribution is 5.96. The number of halogens is 2. The number of fused-ring (bicyclic) bond motifs is 4. The van der Waals surface area contributed by atoms with E-state index in [0.29, 0.717) is 31.0 Å². The molecule has 262 valence electrons. The Kier molecular flexibility index (Phi) is 8.35. The van der Waals surface area contributed by atoms with Gasteiger partial charge in [-0.3, -0.25) is 14.4 Å². The van der Waals surface area contributed by atoms with E-state index in [4.69, 9.17) is 0 Å². The maximum atomic E-state index is 13.3. The number of carbonyl (C=O) groups excluding carboxylic acids is 3. The molecule has 0 N–H and O–H groups in total. The number of ketones is 3. The van der Waals surface area contributed by atoms with Gasteiger partial charge in [0.1, 0.15) is 29.0 Å². The van der Waals surface area contributed by atoms with E-state index in [0.717, 1.165) is 64.6 Å². The summed E-state index contributed by atoms with van der Waals surface area (Å²) < 4.78 is 30.1. The first-order chi connectivity index (χ1) is 24.5. The van der Waals surface area contributed by atoms with Gasteiger partial charge in [-0.2, -0.15) is 10.2 Å². The molecule has 3 saturated carbocycles. The highest BCUT2D eigenvalue weighted by atomic mass is 19.1. The van der Waals surface area contributed by atoms with Crippen molar-refractivity contribution >= 4 is 29.5 Å². The summed E-state index contributed by atoms with van der Waals surface area (Å²) in [4.78, 5) is 37.1. The number of aromatic nitrogens is 4. The van der Waals surface area contributed by atoms with Crippen LogP contribution in [0.5, 0.6) is 0 Å². The van der Waals surface area contributed by atoms with E-state index >= 15 is 0 Å². The minimum Gasteiger partial charge on any atom is -0.300 e. The Labute approximate surface area is 296 Å². The van der Waals surface area contributed by atoms with Gasteiger partial charge in [0, 0.05) is 12.8 Å². The van der Waals surface area contributed by atoms with Gasteiger partial charge in [-0.1, -0.05) is 24.0 Å². The fourth-order valence-corrected chi connectivity index (χ4v) is 9.07. The van der Waals surface area contributed by atoms with Crippen molar-refractivity contribution in [1.29, 1.82) is 0 Å². The molecule has 0 radical (unpaired) electrons. The number of hydrogen-bond acceptors (Lipinski definition) is 5. The summed E-state index contributed by atoms with van der Waals surface area (Å²) >= 11 is 0. The van der Waals surface area contributed by atoms with Crippen LogP contribution in [-0.4, -0.2) is 36.9 Å². The molecule has 0 spiro atoms. The molecule has 4 aromatic rings. The lowest BCUT2D eigenvalue weighted by Gasteiger charge is -2.43. The average Bonchev–Trinajstić information content (AvgIpc) is 3.70. The molecule has 0 aliphatic heterocycles. The van der Waals surface area contributed by atoms with Crippen LogP contribution in [0, 0.1) is 34.3 Å². The summed E-state index contributed by atoms with van der Waals surface area (Å²) in [5, 5.41) is 8.98. The Hall–Kier alpha value is -4.79. The molecule has 2 aromatic carbocycles. The van der Waals surface area contributed by atoms with Crippen LogP contribution in [0.4, 0.5) is 8.78 Å². The van der Waals surface area contributed by atoms with Crippen LogP contribution in [0.25, 0.3) is 23.5 Å². The smallest absolute Gasteiger partial charge is 0.140 e. The van der Waals surface area contributed by atoms with Gasteiger partial charge in [-0.15, -0.1) is 0 Å². The fraction of sp³-hybridized carbons (Fsp3) is 0.405. The predicted octanol–water partition coefficient (Wildman–Crippen LogP) is 8.41. The molecule has 9 heteroatoms. The predicted molar refractivity (Wildman–Crippen MR) is 190 cm³/mol. The van der Waals surface area contributed by atoms with Gasteiger partial charge in [-0.25, -0.2) is 18.1 Å². The molecule has 3 fully saturated rings. The van der Waals surface area contributed by atoms with Gasteiger partial charge < -0.3 is 0 Å². The Morgan fingerprint density at radius 3 is 1.71 bits per heavy atom. The SMILES string of the molecule is CC(=O)[C@@]12CC(=O)CCC1=Cc1c(cnn1-c1ccc(F)cc1)C2.CC(=O)[C@]12Cc3cnn(-c4ccc(F)cc4)c3C=C1CC[C@H](CC1CC1)C2. The molecule has 5 aliphatic carbocycles. The van der Waals surface area contributed by atoms with Crippen molar-refractivity contribution in [2.75, 3.05) is 0 Å². The molecule has 5 aliphatic rings. The highest BCUT2D eigenvalue weighted by Gasteiger charge is 2.48. The third-order valence-corrected chi connectivity index (χ3v) is 12.1. The molecule has 7 nitrogen and oxygen atoms in total. The number of benzene rings is 2. The van der Waals surface area contributed by atoms with E-state index in [2.05, 4.69) is 16.3 Å². The first-order valence-electron chi connectivity index (χ1n) is 18.2. The van der Waals surface area contributed by atoms with Gasteiger partial charge in [-0.05, 0) is 142 Å². The Morgan fingerprint density at radius 2 is 1.20 bits per heavy atom. The van der Waals surface area contributed by atoms with Crippen molar-refractivity contribution in [2.45, 2.75) is 84.5 Å². The van der Waals surface area contributed by atoms with Gasteiger partial charge in [0.15, 0.2) is 0 Å². The molecule has 3 atom stereocenters. The summed E-state index contributed by atoms with van der Waals surface area (Å²) in [5.74, 6) is 1.53. The average molecular weight is 689 g/mol. The zero-order valence-corrected chi connectivity index (χ0v) is 29.1. The van der Waals surface area contributed by atoms with Crippen molar-refractivity contribution in [1.82, 2.24) is 19.6 Å². The number of rotatable bonds is 6. The Bertz CT molecular complexity index is 2100. The second-order valence-electron chi connectivity index (χ2n) is 15.4. The standard InChI is InChI=1S/C23H25FN2O.C19H17FN2O2/c1-15(27)23-12-17(10-16-2-3-16)4-5-19(23)11-22-18(13-23)14-25-26(22)21-8-6-20(24)7-9-21;1-12(23)19-9-13-11-21-22(16-5-3-15(20)4-6-16)18(13)8-14(19)2-7-17(24)10-19/h6-9,11,14,16-17H,2-5,10,12-13H2,1H3;3-6,8,11H,2,7,9-10H2,1H3/t17-,23+;19-/m11/s1. The lowest BCUT2D eigenvalue weighted by Crippen LogP contribution is -2.41. The van der Waals surface area contributed by atoms with Gasteiger partial charge in [0.25, 0.3) is 0 Å². The van der Waals surface area contributed by atoms with E-state index in [1.165, 1.54) is 55.5 Å². The van der Waals surface area contributed by atoms with E-state index < -0.39 is 5.41 Å². The number of nitrogens with zero attached hydrogens (tertiary/aromatic N) is 4. The maximum Gasteiger partial charge on any atom is 0.140 e. The van der Waals surface area contributed by atoms with Crippen molar-refractivity contribution in [3.05, 3.63) is 106 Å². The third kappa shape index (κ3) is 6.04. The van der Waals surface area contributed by atoms with Crippen LogP contribution in [0.3, 0.4) is 0 Å². The first-order valence-corrected chi connectivity index (χ1v) is 18.2. The number of Topliss-reactive ketones (excluding diaryl/α,β-unsaturated/α-hetero) is 3. The van der Waals surface area contributed by atoms with Crippen LogP contribution in [0.1, 0.15) is 94.1 Å². The summed E-state index contributed by atoms with van der Waals surface area (Å²) in [6, 6.07) is 12.6. The molecular weight excluding hydrogens is 646 g/mol. The van der Waals surface area contributed by atoms with E-state index in [1.54, 1.807) is 49.0 Å². The van der Waals surface area contributed by atoms with Crippen LogP contribution in [-0.2, 0) is 27.2 Å². The summed E-state index contributed by atoms with van der Waals surface area (Å²) in [7, 11) is 0. The van der Waals surface area contributed by atoms with Crippen molar-refractivity contribution in [3.8, 4) is 11.4 Å². The largest absolute Gasteiger partial charge is 0.300 e. The van der Waals surface area contributed by atoms with Crippen LogP contribution in [0.2, 0.25) is 0 Å². The molecule has 0 bridgehead atoms. The van der Waals surface area contributed by atoms with Crippen LogP contribution < -0.4 is 0 Å². The third-order valence-electron chi connectivity index (χ3n) is 12.1. The summed E-state index contributed by atoms with van der Waals surface area (Å²) in [6.07, 6.45) is 17.7. The lowest BCUT2D eigenvalue weighted by atomic mass is 9.59. The normalized spacial score (nSPS) is 24.9. The molecule has 9 rings (SSSR count). The van der Waals surface area contributed by atoms with Gasteiger partial charge in [0.2, 0.25) is 0 Å². The second-order valence-corrected chi connectivity index (χ2v) is 15.4. The minimum absolute atomic E-state index is 0.0435. The van der Waals surface area contributed by atoms with Gasteiger partial charge >= 0.3 is 0 Å². The zero-order valence-electron chi connectivity index (χ0n) is 29.1. The number of allylic oxidation sites excluding steroid dienone is 2. The first kappa shape index (κ1) is 33.4. The Morgan fingerprint density at radius 1 is 0.686 bits per heavy atom.